The average molecular weight is 220 g/mol. The van der Waals surface area contributed by atoms with Gasteiger partial charge in [-0.1, -0.05) is 43.0 Å². The molecule has 84 valence electrons. The van der Waals surface area contributed by atoms with Gasteiger partial charge in [0.2, 0.25) is 0 Å². The molecule has 4 nitrogen and oxygen atoms in total. The Morgan fingerprint density at radius 2 is 1.75 bits per heavy atom. The van der Waals surface area contributed by atoms with Crippen LogP contribution in [0.3, 0.4) is 0 Å². The second-order valence-corrected chi connectivity index (χ2v) is 2.54. The third kappa shape index (κ3) is 8.50. The summed E-state index contributed by atoms with van der Waals surface area (Å²) < 4.78 is 8.47. The van der Waals surface area contributed by atoms with E-state index in [0.29, 0.717) is 6.61 Å². The van der Waals surface area contributed by atoms with Crippen molar-refractivity contribution in [3.8, 4) is 0 Å². The largest absolute Gasteiger partial charge is 0.453 e. The highest BCUT2D eigenvalue weighted by Crippen LogP contribution is 1.98. The summed E-state index contributed by atoms with van der Waals surface area (Å²) in [5.74, 6) is 0. The molecule has 0 saturated heterocycles. The maximum atomic E-state index is 9.63. The van der Waals surface area contributed by atoms with E-state index in [1.807, 2.05) is 30.3 Å². The summed E-state index contributed by atoms with van der Waals surface area (Å²) in [5.41, 5.74) is 0.978. The van der Waals surface area contributed by atoms with E-state index >= 15 is 0 Å². The Morgan fingerprint density at radius 1 is 1.12 bits per heavy atom. The van der Waals surface area contributed by atoms with Gasteiger partial charge in [-0.3, -0.25) is 0 Å². The van der Waals surface area contributed by atoms with Gasteiger partial charge in [0.1, 0.15) is 13.2 Å². The zero-order valence-electron chi connectivity index (χ0n) is 8.72. The molecule has 1 rings (SSSR count). The Bertz CT molecular complexity index is 287. The first-order valence-corrected chi connectivity index (χ1v) is 4.47. The Morgan fingerprint density at radius 3 is 2.19 bits per heavy atom. The lowest BCUT2D eigenvalue weighted by Gasteiger charge is -1.95. The summed E-state index contributed by atoms with van der Waals surface area (Å²) in [5, 5.41) is 0. The van der Waals surface area contributed by atoms with Crippen molar-refractivity contribution >= 4 is 12.9 Å². The van der Waals surface area contributed by atoms with E-state index in [-0.39, 0.29) is 6.61 Å². The molecule has 16 heavy (non-hydrogen) atoms. The molecule has 0 heterocycles. The first-order chi connectivity index (χ1) is 7.85. The second-order valence-electron chi connectivity index (χ2n) is 2.54. The number of carbonyl (C=O) groups excluding carboxylic acids is 2. The van der Waals surface area contributed by atoms with Crippen molar-refractivity contribution in [2.75, 3.05) is 6.61 Å². The summed E-state index contributed by atoms with van der Waals surface area (Å²) in [7, 11) is 0. The van der Waals surface area contributed by atoms with E-state index in [1.54, 1.807) is 0 Å². The van der Waals surface area contributed by atoms with Crippen LogP contribution in [0.1, 0.15) is 5.56 Å². The minimum Gasteiger partial charge on any atom is -0.453 e. The fourth-order valence-electron chi connectivity index (χ4n) is 0.780. The molecule has 0 aliphatic carbocycles. The molecule has 1 aromatic rings. The predicted octanol–water partition coefficient (Wildman–Crippen LogP) is 1.53. The maximum Gasteiger partial charge on any atom is 0.417 e. The highest BCUT2D eigenvalue weighted by molar-refractivity contribution is 5.38. The third-order valence-electron chi connectivity index (χ3n) is 1.40. The summed E-state index contributed by atoms with van der Waals surface area (Å²) in [6, 6.07) is 9.47. The number of hydrogen-bond donors (Lipinski definition) is 0. The molecule has 0 N–H and O–H groups in total. The number of ether oxygens (including phenoxy) is 2. The summed E-state index contributed by atoms with van der Waals surface area (Å²) in [6.07, 6.45) is 1.48. The van der Waals surface area contributed by atoms with Crippen molar-refractivity contribution in [2.24, 2.45) is 0 Å². The van der Waals surface area contributed by atoms with E-state index in [2.05, 4.69) is 16.1 Å². The van der Waals surface area contributed by atoms with E-state index in [1.165, 1.54) is 19.0 Å². The van der Waals surface area contributed by atoms with Crippen LogP contribution < -0.4 is 0 Å². The van der Waals surface area contributed by atoms with E-state index < -0.39 is 0 Å². The highest BCUT2D eigenvalue weighted by atomic mass is 16.5. The molecule has 0 aliphatic rings. The first-order valence-electron chi connectivity index (χ1n) is 4.47. The summed E-state index contributed by atoms with van der Waals surface area (Å²) in [6.45, 7) is 6.47. The van der Waals surface area contributed by atoms with Crippen molar-refractivity contribution in [1.29, 1.82) is 0 Å². The molecule has 0 aliphatic heterocycles. The van der Waals surface area contributed by atoms with E-state index in [0.717, 1.165) is 5.56 Å². The van der Waals surface area contributed by atoms with Crippen LogP contribution in [0, 0.1) is 0 Å². The van der Waals surface area contributed by atoms with Crippen LogP contribution in [-0.4, -0.2) is 19.6 Å². The molecular formula is C12H12O4. The van der Waals surface area contributed by atoms with Gasteiger partial charge >= 0.3 is 12.9 Å². The van der Waals surface area contributed by atoms with Gasteiger partial charge in [0.15, 0.2) is 0 Å². The van der Waals surface area contributed by atoms with Gasteiger partial charge < -0.3 is 9.47 Å². The second kappa shape index (κ2) is 11.0. The average Bonchev–Trinajstić information content (AvgIpc) is 2.36. The molecule has 0 bridgehead atoms. The monoisotopic (exact) mass is 220 g/mol. The van der Waals surface area contributed by atoms with Crippen LogP contribution in [0.5, 0.6) is 0 Å². The van der Waals surface area contributed by atoms with Gasteiger partial charge in [-0.15, -0.1) is 0 Å². The minimum atomic E-state index is 0.253. The Labute approximate surface area is 94.5 Å². The minimum absolute atomic E-state index is 0.253. The summed E-state index contributed by atoms with van der Waals surface area (Å²) in [4.78, 5) is 18.8. The fraction of sp³-hybridized carbons (Fsp3) is 0.167. The normalized spacial score (nSPS) is 8.00. The fourth-order valence-corrected chi connectivity index (χ4v) is 0.780. The van der Waals surface area contributed by atoms with Gasteiger partial charge in [0.05, 0.1) is 0 Å². The van der Waals surface area contributed by atoms with Crippen LogP contribution >= 0.6 is 0 Å². The lowest BCUT2D eigenvalue weighted by molar-refractivity contribution is 0.267. The van der Waals surface area contributed by atoms with E-state index in [9.17, 15) is 4.79 Å². The molecule has 0 aromatic heterocycles. The molecule has 0 saturated carbocycles. The van der Waals surface area contributed by atoms with Gasteiger partial charge in [0, 0.05) is 0 Å². The molecule has 0 spiro atoms. The first kappa shape index (κ1) is 13.9. The summed E-state index contributed by atoms with van der Waals surface area (Å²) >= 11 is 0. The zero-order chi connectivity index (χ0) is 12.1. The van der Waals surface area contributed by atoms with E-state index in [4.69, 9.17) is 4.79 Å². The van der Waals surface area contributed by atoms with Crippen LogP contribution in [0.25, 0.3) is 0 Å². The molecule has 1 aromatic carbocycles. The smallest absolute Gasteiger partial charge is 0.417 e. The predicted molar refractivity (Wildman–Crippen MR) is 58.8 cm³/mol. The van der Waals surface area contributed by atoms with Gasteiger partial charge in [-0.2, -0.15) is 0 Å². The number of hydrogen-bond acceptors (Lipinski definition) is 4. The van der Waals surface area contributed by atoms with Gasteiger partial charge in [0.25, 0.3) is 0 Å². The van der Waals surface area contributed by atoms with Crippen molar-refractivity contribution in [1.82, 2.24) is 0 Å². The standard InChI is InChI=1S/C8H7O2.C4H5O2/c9-7-10-6-8-4-2-1-3-5-8;1-2-3-6-4-5/h1-5H,6H2;2H,1,3H2. The van der Waals surface area contributed by atoms with Gasteiger partial charge in [-0.25, -0.2) is 9.59 Å². The Kier molecular flexibility index (Phi) is 9.54. The highest BCUT2D eigenvalue weighted by Gasteiger charge is 1.88. The molecule has 0 unspecified atom stereocenters. The van der Waals surface area contributed by atoms with Crippen LogP contribution in [0.4, 0.5) is 0 Å². The SMILES string of the molecule is C=CCO[C]=O.O=[C]OCc1ccccc1. The lowest BCUT2D eigenvalue weighted by Crippen LogP contribution is -1.87. The topological polar surface area (TPSA) is 52.6 Å². The van der Waals surface area contributed by atoms with Crippen LogP contribution in [0.15, 0.2) is 43.0 Å². The quantitative estimate of drug-likeness (QED) is 0.539. The number of benzene rings is 1. The molecule has 4 heteroatoms. The molecule has 0 amide bonds. The van der Waals surface area contributed by atoms with Crippen molar-refractivity contribution in [3.05, 3.63) is 48.6 Å². The molecular weight excluding hydrogens is 208 g/mol. The van der Waals surface area contributed by atoms with Crippen molar-refractivity contribution in [2.45, 2.75) is 6.61 Å². The van der Waals surface area contributed by atoms with Gasteiger partial charge in [-0.05, 0) is 5.56 Å². The molecule has 0 atom stereocenters. The van der Waals surface area contributed by atoms with Crippen molar-refractivity contribution < 1.29 is 19.1 Å². The zero-order valence-corrected chi connectivity index (χ0v) is 8.72. The van der Waals surface area contributed by atoms with Crippen molar-refractivity contribution in [3.63, 3.8) is 0 Å². The third-order valence-corrected chi connectivity index (χ3v) is 1.40. The lowest BCUT2D eigenvalue weighted by atomic mass is 10.2. The Hall–Kier alpha value is -2.10. The number of rotatable bonds is 6. The Balaban J connectivity index is 0.000000325. The molecule has 0 fully saturated rings. The van der Waals surface area contributed by atoms with Crippen LogP contribution in [-0.2, 0) is 25.7 Å². The maximum absolute atomic E-state index is 9.63. The molecule has 2 radical (unpaired) electrons. The van der Waals surface area contributed by atoms with Crippen LogP contribution in [0.2, 0.25) is 0 Å².